The van der Waals surface area contributed by atoms with Crippen molar-refractivity contribution in [2.45, 2.75) is 701 Å². The largest absolute Gasteiger partial charge is 0.470 e. The van der Waals surface area contributed by atoms with Gasteiger partial charge < -0.3 is 63.6 Å². The fourth-order valence-corrected chi connectivity index (χ4v) is 20.8. The summed E-state index contributed by atoms with van der Waals surface area (Å²) < 4.78 is 70.8. The smallest absolute Gasteiger partial charge is 0.462 e. The van der Waals surface area contributed by atoms with Crippen molar-refractivity contribution in [1.29, 1.82) is 0 Å². The van der Waals surface area contributed by atoms with Crippen LogP contribution >= 0.6 is 7.82 Å². The molecular formula is C122H232N3O20P. The Labute approximate surface area is 895 Å². The van der Waals surface area contributed by atoms with Crippen molar-refractivity contribution >= 4 is 55.4 Å². The lowest BCUT2D eigenvalue weighted by Crippen LogP contribution is -2.66. The molecule has 0 aliphatic carbocycles. The second-order valence-electron chi connectivity index (χ2n) is 43.7. The SMILES string of the molecule is CCCCCCCCCCCCCC(=O)O[C@H](CCCCCCCCCCC)CC(=O)NCCOC[C@H]1O[C@H](OCCNC(=O)C[C@@H](CCCCCCCCCCC)OC(=O)CCCCCCCCCCCCC)[C@@H](NC(=O)C[C@@H](CCCCCCCCCCC)OC(=O)CCCCCCCCCCCCC)[C@@H](OC(=O)C[C@@H](CCCCCCCCCCC)OC(=O)CCCCCCCCCCCCC)[C@@H]1OP(=O)(O)O. The van der Waals surface area contributed by atoms with E-state index < -0.39 is 106 Å². The topological polar surface area (TPSA) is 313 Å². The normalized spacial score (nSPS) is 15.6. The molecule has 1 fully saturated rings. The molecule has 23 nitrogen and oxygen atoms in total. The highest BCUT2D eigenvalue weighted by atomic mass is 31.2. The number of nitrogens with one attached hydrogen (secondary N) is 3. The molecule has 1 heterocycles. The van der Waals surface area contributed by atoms with Crippen LogP contribution in [0.3, 0.4) is 0 Å². The van der Waals surface area contributed by atoms with Gasteiger partial charge in [-0.1, -0.05) is 518 Å². The average molecular weight is 2090 g/mol. The minimum absolute atomic E-state index is 0.0508. The number of amides is 3. The van der Waals surface area contributed by atoms with E-state index in [-0.39, 0.29) is 89.1 Å². The number of hydrogen-bond donors (Lipinski definition) is 5. The molecule has 0 bridgehead atoms. The van der Waals surface area contributed by atoms with Gasteiger partial charge in [0, 0.05) is 38.8 Å². The molecule has 1 aliphatic rings. The number of phosphoric acid groups is 1. The molecule has 0 aromatic carbocycles. The molecule has 0 spiro atoms. The van der Waals surface area contributed by atoms with Gasteiger partial charge in [0.15, 0.2) is 12.4 Å². The van der Waals surface area contributed by atoms with Crippen LogP contribution in [-0.2, 0) is 85.3 Å². The Kier molecular flexibility index (Phi) is 101. The molecular weight excluding hydrogens is 1860 g/mol. The summed E-state index contributed by atoms with van der Waals surface area (Å²) in [5.74, 6) is -3.90. The van der Waals surface area contributed by atoms with Gasteiger partial charge >= 0.3 is 37.7 Å². The Morgan fingerprint density at radius 3 is 0.733 bits per heavy atom. The van der Waals surface area contributed by atoms with Crippen LogP contribution in [0.1, 0.15) is 646 Å². The van der Waals surface area contributed by atoms with Gasteiger partial charge in [0.1, 0.15) is 42.7 Å². The third kappa shape index (κ3) is 91.2. The van der Waals surface area contributed by atoms with Crippen LogP contribution in [0.15, 0.2) is 0 Å². The molecule has 0 unspecified atom stereocenters. The van der Waals surface area contributed by atoms with Gasteiger partial charge in [0.2, 0.25) is 17.7 Å². The number of carbonyl (C=O) groups is 8. The van der Waals surface area contributed by atoms with Gasteiger partial charge in [-0.2, -0.15) is 0 Å². The Bertz CT molecular complexity index is 3020. The van der Waals surface area contributed by atoms with Crippen molar-refractivity contribution in [3.8, 4) is 0 Å². The van der Waals surface area contributed by atoms with Gasteiger partial charge in [-0.05, 0) is 77.0 Å². The Morgan fingerprint density at radius 1 is 0.267 bits per heavy atom. The van der Waals surface area contributed by atoms with E-state index in [0.717, 1.165) is 218 Å². The summed E-state index contributed by atoms with van der Waals surface area (Å²) in [6.45, 7) is 16.6. The first-order valence-corrected chi connectivity index (χ1v) is 64.2. The number of rotatable bonds is 113. The molecule has 860 valence electrons. The van der Waals surface area contributed by atoms with Crippen LogP contribution in [0.2, 0.25) is 0 Å². The van der Waals surface area contributed by atoms with Crippen LogP contribution < -0.4 is 16.0 Å². The lowest BCUT2D eigenvalue weighted by Gasteiger charge is -2.45. The lowest BCUT2D eigenvalue weighted by molar-refractivity contribution is -0.273. The zero-order valence-electron chi connectivity index (χ0n) is 96.0. The van der Waals surface area contributed by atoms with Crippen molar-refractivity contribution in [2.24, 2.45) is 0 Å². The Hall–Kier alpha value is -4.25. The van der Waals surface area contributed by atoms with Gasteiger partial charge in [-0.3, -0.25) is 42.9 Å². The van der Waals surface area contributed by atoms with Crippen molar-refractivity contribution in [3.63, 3.8) is 0 Å². The first-order valence-electron chi connectivity index (χ1n) is 62.6. The van der Waals surface area contributed by atoms with E-state index in [2.05, 4.69) is 71.3 Å². The first kappa shape index (κ1) is 140. The summed E-state index contributed by atoms with van der Waals surface area (Å²) in [4.78, 5) is 137. The second-order valence-corrected chi connectivity index (χ2v) is 44.9. The van der Waals surface area contributed by atoms with Crippen molar-refractivity contribution in [2.75, 3.05) is 32.9 Å². The van der Waals surface area contributed by atoms with Crippen LogP contribution in [0.25, 0.3) is 0 Å². The fourth-order valence-electron chi connectivity index (χ4n) is 20.2. The lowest BCUT2D eigenvalue weighted by atomic mass is 9.95. The van der Waals surface area contributed by atoms with Crippen LogP contribution in [0, 0.1) is 0 Å². The van der Waals surface area contributed by atoms with Crippen LogP contribution in [0.4, 0.5) is 0 Å². The number of carbonyl (C=O) groups excluding carboxylic acids is 8. The van der Waals surface area contributed by atoms with Crippen LogP contribution in [-0.4, -0.2) is 145 Å². The number of unbranched alkanes of at least 4 members (excludes halogenated alkanes) is 72. The molecule has 0 aromatic heterocycles. The zero-order chi connectivity index (χ0) is 106. The van der Waals surface area contributed by atoms with Crippen molar-refractivity contribution < 1.29 is 95.1 Å². The maximum Gasteiger partial charge on any atom is 0.470 e. The first-order chi connectivity index (χ1) is 71.3. The molecule has 9 atom stereocenters. The predicted molar refractivity (Wildman–Crippen MR) is 600 cm³/mol. The highest BCUT2D eigenvalue weighted by Crippen LogP contribution is 2.43. The van der Waals surface area contributed by atoms with E-state index in [1.807, 2.05) is 0 Å². The van der Waals surface area contributed by atoms with Gasteiger partial charge in [0.25, 0.3) is 0 Å². The number of hydrogen-bond acceptors (Lipinski definition) is 18. The van der Waals surface area contributed by atoms with Gasteiger partial charge in [-0.25, -0.2) is 4.57 Å². The van der Waals surface area contributed by atoms with E-state index in [9.17, 15) is 43.1 Å². The van der Waals surface area contributed by atoms with Gasteiger partial charge in [0.05, 0.1) is 45.5 Å². The molecule has 3 amide bonds. The number of ether oxygens (including phenoxy) is 8. The van der Waals surface area contributed by atoms with Crippen LogP contribution in [0.5, 0.6) is 0 Å². The molecule has 24 heteroatoms. The minimum Gasteiger partial charge on any atom is -0.462 e. The fraction of sp³-hybridized carbons (Fsp3) is 0.934. The second kappa shape index (κ2) is 105. The van der Waals surface area contributed by atoms with Crippen molar-refractivity contribution in [3.05, 3.63) is 0 Å². The Morgan fingerprint density at radius 2 is 0.486 bits per heavy atom. The molecule has 1 aliphatic heterocycles. The summed E-state index contributed by atoms with van der Waals surface area (Å²) in [6, 6.07) is -1.63. The molecule has 1 rings (SSSR count). The van der Waals surface area contributed by atoms with E-state index >= 15 is 9.59 Å². The third-order valence-corrected chi connectivity index (χ3v) is 29.9. The van der Waals surface area contributed by atoms with E-state index in [4.69, 9.17) is 42.4 Å². The quantitative estimate of drug-likeness (QED) is 0.0163. The molecule has 1 saturated heterocycles. The summed E-state index contributed by atoms with van der Waals surface area (Å²) in [6.07, 6.45) is 79.3. The standard InChI is InChI=1S/C122H232N3O20P/c1-9-17-25-33-41-49-53-61-69-77-85-93-114(129)139-106(89-81-73-65-57-45-37-29-21-13-5)101-111(126)123-97-99-137-105-110-120(145-146(134,135)136)121(144-118(133)104-109(92-84-76-68-60-48-40-32-24-16-8)142-117(132)96-88-80-72-64-56-52-44-36-28-20-12-4)119(125-113(128)103-108(91-83-75-67-59-47-39-31-23-15-7)141-116(131)95-87-79-71-63-55-51-43-35-27-19-11-3)122(143-110)138-100-98-124-112(127)102-107(90-82-74-66-58-46-38-30-22-14-6)140-115(130)94-86-78-70-62-54-50-42-34-26-18-10-2/h106-110,119-122H,9-105H2,1-8H3,(H,123,126)(H,124,127)(H,125,128)(H2,134,135,136)/t106-,107-,108-,109-,110-,119+,120-,121-,122+/m1/s1. The van der Waals surface area contributed by atoms with Gasteiger partial charge in [-0.15, -0.1) is 0 Å². The summed E-state index contributed by atoms with van der Waals surface area (Å²) >= 11 is 0. The maximum absolute atomic E-state index is 15.5. The minimum atomic E-state index is -5.62. The third-order valence-electron chi connectivity index (χ3n) is 29.3. The highest BCUT2D eigenvalue weighted by Gasteiger charge is 2.53. The molecule has 0 aromatic rings. The average Bonchev–Trinajstić information content (AvgIpc) is 0.776. The monoisotopic (exact) mass is 2090 g/mol. The van der Waals surface area contributed by atoms with E-state index in [1.54, 1.807) is 0 Å². The van der Waals surface area contributed by atoms with E-state index in [1.165, 1.54) is 257 Å². The number of phosphoric ester groups is 1. The molecule has 0 radical (unpaired) electrons. The summed E-state index contributed by atoms with van der Waals surface area (Å²) in [5, 5.41) is 8.93. The summed E-state index contributed by atoms with van der Waals surface area (Å²) in [5.41, 5.74) is 0. The molecule has 146 heavy (non-hydrogen) atoms. The van der Waals surface area contributed by atoms with Crippen molar-refractivity contribution in [1.82, 2.24) is 16.0 Å². The molecule has 5 N–H and O–H groups in total. The van der Waals surface area contributed by atoms with E-state index in [0.29, 0.717) is 64.2 Å². The zero-order valence-corrected chi connectivity index (χ0v) is 96.9. The predicted octanol–water partition coefficient (Wildman–Crippen LogP) is 33.5. The number of esters is 5. The maximum atomic E-state index is 15.5. The highest BCUT2D eigenvalue weighted by molar-refractivity contribution is 7.46. The Balaban J connectivity index is 4.18. The summed E-state index contributed by atoms with van der Waals surface area (Å²) in [7, 11) is -5.62. The molecule has 0 saturated carbocycles.